The molecule has 3 rings (SSSR count). The first-order valence-corrected chi connectivity index (χ1v) is 7.79. The fraction of sp³-hybridized carbons (Fsp3) is 0. The number of rotatable bonds is 2. The Kier molecular flexibility index (Phi) is 3.99. The van der Waals surface area contributed by atoms with Gasteiger partial charge in [0, 0.05) is 20.7 Å². The molecule has 0 amide bonds. The molecule has 0 radical (unpaired) electrons. The average molecular weight is 389 g/mol. The van der Waals surface area contributed by atoms with Crippen LogP contribution in [0.15, 0.2) is 75.8 Å². The van der Waals surface area contributed by atoms with Gasteiger partial charge in [0.1, 0.15) is 0 Å². The standard InChI is InChI=1S/C17H11Br2N/c18-15-5-1-3-12(9-15)13-7-8-20-17(11-13)14-4-2-6-16(19)10-14/h1-11H. The van der Waals surface area contributed by atoms with Gasteiger partial charge in [0.05, 0.1) is 5.69 Å². The van der Waals surface area contributed by atoms with Crippen molar-refractivity contribution in [2.75, 3.05) is 0 Å². The first kappa shape index (κ1) is 13.5. The molecule has 0 saturated heterocycles. The zero-order chi connectivity index (χ0) is 13.9. The lowest BCUT2D eigenvalue weighted by molar-refractivity contribution is 1.32. The largest absolute Gasteiger partial charge is 0.256 e. The maximum atomic E-state index is 4.47. The van der Waals surface area contributed by atoms with Crippen molar-refractivity contribution in [1.29, 1.82) is 0 Å². The molecule has 98 valence electrons. The lowest BCUT2D eigenvalue weighted by atomic mass is 10.0. The van der Waals surface area contributed by atoms with Crippen LogP contribution in [-0.4, -0.2) is 4.98 Å². The highest BCUT2D eigenvalue weighted by atomic mass is 79.9. The second kappa shape index (κ2) is 5.90. The van der Waals surface area contributed by atoms with Crippen molar-refractivity contribution < 1.29 is 0 Å². The fourth-order valence-corrected chi connectivity index (χ4v) is 2.88. The molecule has 0 N–H and O–H groups in total. The molecule has 0 aliphatic carbocycles. The molecule has 0 aliphatic heterocycles. The van der Waals surface area contributed by atoms with Crippen LogP contribution in [0, 0.1) is 0 Å². The first-order chi connectivity index (χ1) is 9.72. The summed E-state index contributed by atoms with van der Waals surface area (Å²) in [4.78, 5) is 4.47. The molecule has 1 aromatic heterocycles. The Balaban J connectivity index is 2.06. The van der Waals surface area contributed by atoms with Crippen LogP contribution < -0.4 is 0 Å². The summed E-state index contributed by atoms with van der Waals surface area (Å²) in [6.45, 7) is 0. The van der Waals surface area contributed by atoms with E-state index in [-0.39, 0.29) is 0 Å². The summed E-state index contributed by atoms with van der Waals surface area (Å²) in [5.41, 5.74) is 4.43. The normalized spacial score (nSPS) is 10.5. The number of benzene rings is 2. The Labute approximate surface area is 135 Å². The van der Waals surface area contributed by atoms with Gasteiger partial charge in [-0.2, -0.15) is 0 Å². The van der Waals surface area contributed by atoms with E-state index in [0.29, 0.717) is 0 Å². The Morgan fingerprint density at radius 3 is 1.95 bits per heavy atom. The molecule has 0 atom stereocenters. The summed E-state index contributed by atoms with van der Waals surface area (Å²) >= 11 is 7.01. The second-order valence-electron chi connectivity index (χ2n) is 4.45. The molecule has 0 spiro atoms. The SMILES string of the molecule is Brc1cccc(-c2ccnc(-c3cccc(Br)c3)c2)c1. The molecule has 0 saturated carbocycles. The van der Waals surface area contributed by atoms with Gasteiger partial charge in [-0.15, -0.1) is 0 Å². The smallest absolute Gasteiger partial charge is 0.0708 e. The molecule has 20 heavy (non-hydrogen) atoms. The van der Waals surface area contributed by atoms with Crippen LogP contribution in [0.5, 0.6) is 0 Å². The monoisotopic (exact) mass is 387 g/mol. The minimum Gasteiger partial charge on any atom is -0.256 e. The topological polar surface area (TPSA) is 12.9 Å². The van der Waals surface area contributed by atoms with E-state index in [4.69, 9.17) is 0 Å². The summed E-state index contributed by atoms with van der Waals surface area (Å²) in [6, 6.07) is 20.6. The zero-order valence-corrected chi connectivity index (χ0v) is 13.7. The molecule has 0 unspecified atom stereocenters. The maximum Gasteiger partial charge on any atom is 0.0708 e. The van der Waals surface area contributed by atoms with Crippen molar-refractivity contribution in [2.24, 2.45) is 0 Å². The Bertz CT molecular complexity index is 692. The quantitative estimate of drug-likeness (QED) is 0.529. The van der Waals surface area contributed by atoms with E-state index in [0.717, 1.165) is 25.8 Å². The Morgan fingerprint density at radius 2 is 1.25 bits per heavy atom. The van der Waals surface area contributed by atoms with Crippen LogP contribution in [0.2, 0.25) is 0 Å². The predicted molar refractivity (Wildman–Crippen MR) is 90.5 cm³/mol. The van der Waals surface area contributed by atoms with E-state index in [9.17, 15) is 0 Å². The molecule has 3 heteroatoms. The number of hydrogen-bond acceptors (Lipinski definition) is 1. The Morgan fingerprint density at radius 1 is 0.650 bits per heavy atom. The molecule has 0 aliphatic rings. The molecule has 0 fully saturated rings. The van der Waals surface area contributed by atoms with Crippen molar-refractivity contribution in [3.8, 4) is 22.4 Å². The van der Waals surface area contributed by atoms with Gasteiger partial charge in [0.2, 0.25) is 0 Å². The minimum atomic E-state index is 0.976. The molecule has 2 aromatic carbocycles. The van der Waals surface area contributed by atoms with Gasteiger partial charge in [-0.1, -0.05) is 56.1 Å². The van der Waals surface area contributed by atoms with Crippen LogP contribution in [0.4, 0.5) is 0 Å². The highest BCUT2D eigenvalue weighted by molar-refractivity contribution is 9.10. The lowest BCUT2D eigenvalue weighted by Gasteiger charge is -2.06. The molecular weight excluding hydrogens is 378 g/mol. The van der Waals surface area contributed by atoms with Crippen LogP contribution in [0.25, 0.3) is 22.4 Å². The van der Waals surface area contributed by atoms with Gasteiger partial charge in [-0.05, 0) is 47.5 Å². The van der Waals surface area contributed by atoms with Gasteiger partial charge >= 0.3 is 0 Å². The van der Waals surface area contributed by atoms with Crippen LogP contribution in [-0.2, 0) is 0 Å². The van der Waals surface area contributed by atoms with Gasteiger partial charge in [-0.3, -0.25) is 4.98 Å². The third-order valence-electron chi connectivity index (χ3n) is 3.04. The molecular formula is C17H11Br2N. The van der Waals surface area contributed by atoms with Gasteiger partial charge in [0.25, 0.3) is 0 Å². The third kappa shape index (κ3) is 3.00. The predicted octanol–water partition coefficient (Wildman–Crippen LogP) is 5.94. The van der Waals surface area contributed by atoms with Crippen molar-refractivity contribution in [3.63, 3.8) is 0 Å². The van der Waals surface area contributed by atoms with E-state index in [1.807, 2.05) is 36.5 Å². The van der Waals surface area contributed by atoms with E-state index in [2.05, 4.69) is 67.2 Å². The van der Waals surface area contributed by atoms with Crippen molar-refractivity contribution in [2.45, 2.75) is 0 Å². The van der Waals surface area contributed by atoms with E-state index in [1.54, 1.807) is 0 Å². The zero-order valence-electron chi connectivity index (χ0n) is 10.6. The summed E-state index contributed by atoms with van der Waals surface area (Å²) in [6.07, 6.45) is 1.85. The number of halogens is 2. The van der Waals surface area contributed by atoms with E-state index >= 15 is 0 Å². The minimum absolute atomic E-state index is 0.976. The molecule has 1 nitrogen and oxygen atoms in total. The van der Waals surface area contributed by atoms with E-state index in [1.165, 1.54) is 5.56 Å². The number of aromatic nitrogens is 1. The lowest BCUT2D eigenvalue weighted by Crippen LogP contribution is -1.85. The molecule has 0 bridgehead atoms. The first-order valence-electron chi connectivity index (χ1n) is 6.20. The van der Waals surface area contributed by atoms with Crippen molar-refractivity contribution >= 4 is 31.9 Å². The van der Waals surface area contributed by atoms with Crippen molar-refractivity contribution in [1.82, 2.24) is 4.98 Å². The van der Waals surface area contributed by atoms with E-state index < -0.39 is 0 Å². The highest BCUT2D eigenvalue weighted by Gasteiger charge is 2.03. The second-order valence-corrected chi connectivity index (χ2v) is 6.28. The highest BCUT2D eigenvalue weighted by Crippen LogP contribution is 2.27. The fourth-order valence-electron chi connectivity index (χ4n) is 2.08. The summed E-state index contributed by atoms with van der Waals surface area (Å²) in [5, 5.41) is 0. The van der Waals surface area contributed by atoms with Crippen molar-refractivity contribution in [3.05, 3.63) is 75.8 Å². The summed E-state index contributed by atoms with van der Waals surface area (Å²) in [7, 11) is 0. The number of hydrogen-bond donors (Lipinski definition) is 0. The Hall–Kier alpha value is -1.45. The van der Waals surface area contributed by atoms with Crippen LogP contribution >= 0.6 is 31.9 Å². The number of pyridine rings is 1. The maximum absolute atomic E-state index is 4.47. The summed E-state index contributed by atoms with van der Waals surface area (Å²) in [5.74, 6) is 0. The molecule has 1 heterocycles. The summed E-state index contributed by atoms with van der Waals surface area (Å²) < 4.78 is 2.14. The number of nitrogens with zero attached hydrogens (tertiary/aromatic N) is 1. The third-order valence-corrected chi connectivity index (χ3v) is 4.02. The van der Waals surface area contributed by atoms with Crippen LogP contribution in [0.1, 0.15) is 0 Å². The van der Waals surface area contributed by atoms with Crippen LogP contribution in [0.3, 0.4) is 0 Å². The van der Waals surface area contributed by atoms with Gasteiger partial charge in [-0.25, -0.2) is 0 Å². The van der Waals surface area contributed by atoms with Gasteiger partial charge < -0.3 is 0 Å². The average Bonchev–Trinajstić information content (AvgIpc) is 2.47. The molecule has 3 aromatic rings. The van der Waals surface area contributed by atoms with Gasteiger partial charge in [0.15, 0.2) is 0 Å².